The van der Waals surface area contributed by atoms with Crippen LogP contribution in [0.1, 0.15) is 44.1 Å². The number of nitrogens with two attached hydrogens (primary N) is 1. The molecule has 4 fully saturated rings. The molecule has 4 nitrogen and oxygen atoms in total. The lowest BCUT2D eigenvalue weighted by Gasteiger charge is -2.60. The summed E-state index contributed by atoms with van der Waals surface area (Å²) in [6.45, 7) is 0. The highest BCUT2D eigenvalue weighted by atomic mass is 35.5. The molecule has 0 aliphatic heterocycles. The summed E-state index contributed by atoms with van der Waals surface area (Å²) in [7, 11) is 0. The predicted molar refractivity (Wildman–Crippen MR) is 92.3 cm³/mol. The largest absolute Gasteiger partial charge is 0.416 e. The Kier molecular flexibility index (Phi) is 3.97. The number of halogens is 4. The molecule has 2 atom stereocenters. The number of rotatable bonds is 3. The fourth-order valence-electron chi connectivity index (χ4n) is 5.65. The summed E-state index contributed by atoms with van der Waals surface area (Å²) in [6, 6.07) is 2.99. The van der Waals surface area contributed by atoms with E-state index < -0.39 is 17.2 Å². The predicted octanol–water partition coefficient (Wildman–Crippen LogP) is 4.10. The third-order valence-corrected chi connectivity index (χ3v) is 6.51. The van der Waals surface area contributed by atoms with Crippen molar-refractivity contribution < 1.29 is 18.0 Å². The topological polar surface area (TPSA) is 67.2 Å². The molecule has 4 aliphatic rings. The van der Waals surface area contributed by atoms with Gasteiger partial charge in [0.1, 0.15) is 0 Å². The summed E-state index contributed by atoms with van der Waals surface area (Å²) < 4.78 is 38.1. The first-order chi connectivity index (χ1) is 12.1. The highest BCUT2D eigenvalue weighted by molar-refractivity contribution is 6.33. The molecule has 4 N–H and O–H groups in total. The maximum Gasteiger partial charge on any atom is 0.416 e. The van der Waals surface area contributed by atoms with E-state index in [1.807, 2.05) is 0 Å². The fourth-order valence-corrected chi connectivity index (χ4v) is 5.88. The third-order valence-electron chi connectivity index (χ3n) is 6.20. The monoisotopic (exact) mass is 387 g/mol. The number of alkyl halides is 3. The number of carbonyl (C=O) groups is 1. The van der Waals surface area contributed by atoms with Gasteiger partial charge in [0.25, 0.3) is 0 Å². The molecule has 0 spiro atoms. The van der Waals surface area contributed by atoms with E-state index in [0.29, 0.717) is 18.3 Å². The average Bonchev–Trinajstić information content (AvgIpc) is 2.50. The molecule has 4 saturated carbocycles. The number of anilines is 1. The molecule has 1 amide bonds. The molecule has 4 aliphatic carbocycles. The summed E-state index contributed by atoms with van der Waals surface area (Å²) in [5.74, 6) is 0.834. The molecule has 2 unspecified atom stereocenters. The maximum atomic E-state index is 12.9. The van der Waals surface area contributed by atoms with Crippen molar-refractivity contribution >= 4 is 23.2 Å². The van der Waals surface area contributed by atoms with E-state index in [4.69, 9.17) is 17.3 Å². The first kappa shape index (κ1) is 17.9. The van der Waals surface area contributed by atoms with Gasteiger partial charge < -0.3 is 5.73 Å². The lowest BCUT2D eigenvalue weighted by molar-refractivity contribution is -0.147. The van der Waals surface area contributed by atoms with Crippen LogP contribution < -0.4 is 16.6 Å². The van der Waals surface area contributed by atoms with Crippen LogP contribution in [0.5, 0.6) is 0 Å². The molecule has 142 valence electrons. The number of amides is 1. The highest BCUT2D eigenvalue weighted by Crippen LogP contribution is 2.60. The minimum Gasteiger partial charge on any atom is -0.325 e. The summed E-state index contributed by atoms with van der Waals surface area (Å²) in [5, 5.41) is -0.0964. The molecule has 0 heterocycles. The number of nitrogens with one attached hydrogen (secondary N) is 2. The Balaban J connectivity index is 1.46. The maximum absolute atomic E-state index is 12.9. The van der Waals surface area contributed by atoms with Crippen molar-refractivity contribution in [2.24, 2.45) is 23.0 Å². The molecule has 8 heteroatoms. The third kappa shape index (κ3) is 3.05. The van der Waals surface area contributed by atoms with Gasteiger partial charge in [-0.1, -0.05) is 11.6 Å². The Bertz CT molecular complexity index is 738. The number of hydrogen-bond acceptors (Lipinski definition) is 3. The van der Waals surface area contributed by atoms with Crippen molar-refractivity contribution in [2.75, 3.05) is 5.43 Å². The summed E-state index contributed by atoms with van der Waals surface area (Å²) in [6.07, 6.45) is 0.980. The molecular formula is C18H21ClF3N3O. The van der Waals surface area contributed by atoms with Gasteiger partial charge in [-0.25, -0.2) is 0 Å². The van der Waals surface area contributed by atoms with Gasteiger partial charge in [0.15, 0.2) is 0 Å². The van der Waals surface area contributed by atoms with Crippen LogP contribution in [0.4, 0.5) is 18.9 Å². The van der Waals surface area contributed by atoms with Crippen molar-refractivity contribution in [1.82, 2.24) is 5.43 Å². The van der Waals surface area contributed by atoms with E-state index in [-0.39, 0.29) is 22.2 Å². The van der Waals surface area contributed by atoms with Gasteiger partial charge in [-0.3, -0.25) is 15.6 Å². The number of benzene rings is 1. The molecule has 4 bridgehead atoms. The SMILES string of the molecule is NC12CC3CC(C1)CC(C(=O)NNc1ccc(C(F)(F)F)cc1Cl)(C3)C2. The Labute approximate surface area is 154 Å². The van der Waals surface area contributed by atoms with Gasteiger partial charge in [-0.2, -0.15) is 13.2 Å². The number of hydrazine groups is 1. The van der Waals surface area contributed by atoms with Crippen molar-refractivity contribution in [1.29, 1.82) is 0 Å². The standard InChI is InChI=1S/C18H21ClF3N3O/c19-13-4-12(18(20,21)22)1-2-14(13)24-25-15(26)16-5-10-3-11(6-16)8-17(23,7-10)9-16/h1-2,4,10-11,24H,3,5-9,23H2,(H,25,26). The van der Waals surface area contributed by atoms with E-state index in [1.165, 1.54) is 6.07 Å². The van der Waals surface area contributed by atoms with E-state index in [1.54, 1.807) is 0 Å². The second kappa shape index (κ2) is 5.76. The quantitative estimate of drug-likeness (QED) is 0.684. The number of hydrogen-bond donors (Lipinski definition) is 3. The second-order valence-corrected chi connectivity index (χ2v) is 8.78. The minimum absolute atomic E-state index is 0.0964. The van der Waals surface area contributed by atoms with Crippen molar-refractivity contribution in [3.8, 4) is 0 Å². The molecule has 0 aromatic heterocycles. The molecule has 26 heavy (non-hydrogen) atoms. The minimum atomic E-state index is -4.46. The van der Waals surface area contributed by atoms with Crippen molar-refractivity contribution in [2.45, 2.75) is 50.2 Å². The highest BCUT2D eigenvalue weighted by Gasteiger charge is 2.59. The van der Waals surface area contributed by atoms with E-state index >= 15 is 0 Å². The first-order valence-electron chi connectivity index (χ1n) is 8.81. The van der Waals surface area contributed by atoms with Crippen LogP contribution in [0.3, 0.4) is 0 Å². The molecule has 0 saturated heterocycles. The van der Waals surface area contributed by atoms with Crippen molar-refractivity contribution in [3.05, 3.63) is 28.8 Å². The summed E-state index contributed by atoms with van der Waals surface area (Å²) >= 11 is 5.93. The van der Waals surface area contributed by atoms with E-state index in [2.05, 4.69) is 10.9 Å². The van der Waals surface area contributed by atoms with Gasteiger partial charge in [0, 0.05) is 5.54 Å². The van der Waals surface area contributed by atoms with Crippen LogP contribution >= 0.6 is 11.6 Å². The van der Waals surface area contributed by atoms with Crippen LogP contribution in [-0.2, 0) is 11.0 Å². The van der Waals surface area contributed by atoms with Crippen LogP contribution in [-0.4, -0.2) is 11.4 Å². The Morgan fingerprint density at radius 2 is 1.85 bits per heavy atom. The van der Waals surface area contributed by atoms with Crippen molar-refractivity contribution in [3.63, 3.8) is 0 Å². The lowest BCUT2D eigenvalue weighted by Crippen LogP contribution is -2.64. The van der Waals surface area contributed by atoms with Gasteiger partial charge in [-0.05, 0) is 68.6 Å². The first-order valence-corrected chi connectivity index (χ1v) is 9.19. The second-order valence-electron chi connectivity index (χ2n) is 8.38. The zero-order chi connectivity index (χ0) is 18.7. The number of carbonyl (C=O) groups excluding carboxylic acids is 1. The Hall–Kier alpha value is -1.47. The Morgan fingerprint density at radius 1 is 1.19 bits per heavy atom. The van der Waals surface area contributed by atoms with E-state index in [9.17, 15) is 18.0 Å². The zero-order valence-corrected chi connectivity index (χ0v) is 14.9. The molecule has 0 radical (unpaired) electrons. The lowest BCUT2D eigenvalue weighted by atomic mass is 9.47. The van der Waals surface area contributed by atoms with Crippen LogP contribution in [0.2, 0.25) is 5.02 Å². The normalized spacial score (nSPS) is 35.4. The van der Waals surface area contributed by atoms with Crippen LogP contribution in [0.15, 0.2) is 18.2 Å². The fraction of sp³-hybridized carbons (Fsp3) is 0.611. The molecule has 1 aromatic carbocycles. The van der Waals surface area contributed by atoms with E-state index in [0.717, 1.165) is 44.2 Å². The van der Waals surface area contributed by atoms with Crippen LogP contribution in [0.25, 0.3) is 0 Å². The average molecular weight is 388 g/mol. The van der Waals surface area contributed by atoms with Crippen LogP contribution in [0, 0.1) is 17.3 Å². The molecule has 5 rings (SSSR count). The van der Waals surface area contributed by atoms with Gasteiger partial charge in [0.2, 0.25) is 5.91 Å². The summed E-state index contributed by atoms with van der Waals surface area (Å²) in [4.78, 5) is 12.9. The Morgan fingerprint density at radius 3 is 2.38 bits per heavy atom. The van der Waals surface area contributed by atoms with Gasteiger partial charge in [0.05, 0.1) is 21.7 Å². The van der Waals surface area contributed by atoms with Gasteiger partial charge >= 0.3 is 6.18 Å². The molecular weight excluding hydrogens is 367 g/mol. The smallest absolute Gasteiger partial charge is 0.325 e. The van der Waals surface area contributed by atoms with Gasteiger partial charge in [-0.15, -0.1) is 0 Å². The summed E-state index contributed by atoms with van der Waals surface area (Å²) in [5.41, 5.74) is 10.5. The molecule has 1 aromatic rings. The zero-order valence-electron chi connectivity index (χ0n) is 14.1.